The number of nitrogens with one attached hydrogen (secondary N) is 2. The number of carbonyl (C=O) groups is 2. The summed E-state index contributed by atoms with van der Waals surface area (Å²) in [6.07, 6.45) is 4.99. The highest BCUT2D eigenvalue weighted by Crippen LogP contribution is 2.16. The maximum absolute atomic E-state index is 11.7. The molecule has 19 heavy (non-hydrogen) atoms. The highest BCUT2D eigenvalue weighted by atomic mass is 16.4. The van der Waals surface area contributed by atoms with Gasteiger partial charge in [0.2, 0.25) is 0 Å². The average molecular weight is 260 g/mol. The first-order chi connectivity index (χ1) is 8.93. The number of hydrogen-bond acceptors (Lipinski definition) is 2. The van der Waals surface area contributed by atoms with Gasteiger partial charge in [-0.15, -0.1) is 12.3 Å². The quantitative estimate of drug-likeness (QED) is 0.723. The zero-order valence-electron chi connectivity index (χ0n) is 10.9. The fraction of sp³-hybridized carbons (Fsp3) is 0.286. The first-order valence-corrected chi connectivity index (χ1v) is 5.75. The molecule has 0 aliphatic carbocycles. The standard InChI is InChI=1S/C14H16N2O3/c1-4-5-11(13(17)18)15-14(19)16-12-8-9(2)6-7-10(12)3/h1,6-8,11H,5H2,2-3H3,(H,17,18)(H2,15,16,19). The topological polar surface area (TPSA) is 78.4 Å². The number of rotatable bonds is 4. The molecule has 0 saturated heterocycles. The van der Waals surface area contributed by atoms with E-state index in [0.29, 0.717) is 5.69 Å². The summed E-state index contributed by atoms with van der Waals surface area (Å²) in [5.74, 6) is 1.06. The molecule has 1 atom stereocenters. The van der Waals surface area contributed by atoms with Crippen molar-refractivity contribution in [3.8, 4) is 12.3 Å². The molecule has 2 amide bonds. The third kappa shape index (κ3) is 4.36. The van der Waals surface area contributed by atoms with E-state index in [0.717, 1.165) is 11.1 Å². The second-order valence-corrected chi connectivity index (χ2v) is 4.22. The predicted molar refractivity (Wildman–Crippen MR) is 72.9 cm³/mol. The third-order valence-electron chi connectivity index (χ3n) is 2.57. The molecule has 0 bridgehead atoms. The van der Waals surface area contributed by atoms with Crippen molar-refractivity contribution in [1.29, 1.82) is 0 Å². The zero-order valence-corrected chi connectivity index (χ0v) is 10.9. The highest BCUT2D eigenvalue weighted by Gasteiger charge is 2.18. The van der Waals surface area contributed by atoms with Gasteiger partial charge in [-0.25, -0.2) is 9.59 Å². The summed E-state index contributed by atoms with van der Waals surface area (Å²) >= 11 is 0. The Hall–Kier alpha value is -2.48. The lowest BCUT2D eigenvalue weighted by Gasteiger charge is -2.14. The molecule has 0 aliphatic rings. The number of anilines is 1. The number of carboxylic acids is 1. The summed E-state index contributed by atoms with van der Waals surface area (Å²) in [5.41, 5.74) is 2.53. The highest BCUT2D eigenvalue weighted by molar-refractivity contribution is 5.93. The summed E-state index contributed by atoms with van der Waals surface area (Å²) in [5, 5.41) is 13.8. The number of terminal acetylenes is 1. The Bertz CT molecular complexity index is 532. The number of hydrogen-bond donors (Lipinski definition) is 3. The molecular weight excluding hydrogens is 244 g/mol. The van der Waals surface area contributed by atoms with E-state index in [9.17, 15) is 9.59 Å². The molecular formula is C14H16N2O3. The van der Waals surface area contributed by atoms with E-state index in [2.05, 4.69) is 16.6 Å². The number of carbonyl (C=O) groups excluding carboxylic acids is 1. The summed E-state index contributed by atoms with van der Waals surface area (Å²) in [6.45, 7) is 3.76. The van der Waals surface area contributed by atoms with Crippen LogP contribution in [0, 0.1) is 26.2 Å². The van der Waals surface area contributed by atoms with Gasteiger partial charge in [0.25, 0.3) is 0 Å². The van der Waals surface area contributed by atoms with Crippen LogP contribution in [0.25, 0.3) is 0 Å². The largest absolute Gasteiger partial charge is 0.480 e. The molecule has 1 rings (SSSR count). The maximum Gasteiger partial charge on any atom is 0.327 e. The van der Waals surface area contributed by atoms with Crippen LogP contribution < -0.4 is 10.6 Å². The number of aryl methyl sites for hydroxylation is 2. The Kier molecular flexibility index (Phi) is 4.95. The van der Waals surface area contributed by atoms with Crippen LogP contribution in [0.2, 0.25) is 0 Å². The molecule has 0 aromatic heterocycles. The van der Waals surface area contributed by atoms with Crippen LogP contribution in [-0.4, -0.2) is 23.1 Å². The predicted octanol–water partition coefficient (Wildman–Crippen LogP) is 1.90. The van der Waals surface area contributed by atoms with Crippen molar-refractivity contribution in [2.24, 2.45) is 0 Å². The van der Waals surface area contributed by atoms with Crippen molar-refractivity contribution in [2.75, 3.05) is 5.32 Å². The van der Waals surface area contributed by atoms with E-state index >= 15 is 0 Å². The lowest BCUT2D eigenvalue weighted by atomic mass is 10.1. The molecule has 100 valence electrons. The zero-order chi connectivity index (χ0) is 14.4. The van der Waals surface area contributed by atoms with Crippen LogP contribution in [0.15, 0.2) is 18.2 Å². The fourth-order valence-electron chi connectivity index (χ4n) is 1.51. The minimum absolute atomic E-state index is 0.0600. The number of benzene rings is 1. The molecule has 1 aromatic rings. The van der Waals surface area contributed by atoms with Gasteiger partial charge in [0.15, 0.2) is 0 Å². The normalized spacial score (nSPS) is 11.2. The van der Waals surface area contributed by atoms with Crippen LogP contribution in [0.5, 0.6) is 0 Å². The van der Waals surface area contributed by atoms with Gasteiger partial charge in [0.1, 0.15) is 6.04 Å². The van der Waals surface area contributed by atoms with Crippen molar-refractivity contribution in [2.45, 2.75) is 26.3 Å². The monoisotopic (exact) mass is 260 g/mol. The Labute approximate surface area is 112 Å². The van der Waals surface area contributed by atoms with Crippen molar-refractivity contribution in [3.05, 3.63) is 29.3 Å². The van der Waals surface area contributed by atoms with Gasteiger partial charge in [-0.1, -0.05) is 12.1 Å². The Morgan fingerprint density at radius 3 is 2.68 bits per heavy atom. The molecule has 0 aliphatic heterocycles. The molecule has 1 aromatic carbocycles. The van der Waals surface area contributed by atoms with Crippen molar-refractivity contribution in [1.82, 2.24) is 5.32 Å². The first kappa shape index (κ1) is 14.6. The van der Waals surface area contributed by atoms with E-state index in [1.165, 1.54) is 0 Å². The summed E-state index contributed by atoms with van der Waals surface area (Å²) in [4.78, 5) is 22.6. The molecule has 0 fully saturated rings. The lowest BCUT2D eigenvalue weighted by molar-refractivity contribution is -0.139. The van der Waals surface area contributed by atoms with E-state index in [4.69, 9.17) is 11.5 Å². The minimum Gasteiger partial charge on any atom is -0.480 e. The van der Waals surface area contributed by atoms with Gasteiger partial charge >= 0.3 is 12.0 Å². The molecule has 0 heterocycles. The van der Waals surface area contributed by atoms with Crippen molar-refractivity contribution < 1.29 is 14.7 Å². The second kappa shape index (κ2) is 6.45. The van der Waals surface area contributed by atoms with Crippen LogP contribution >= 0.6 is 0 Å². The lowest BCUT2D eigenvalue weighted by Crippen LogP contribution is -2.42. The second-order valence-electron chi connectivity index (χ2n) is 4.22. The smallest absolute Gasteiger partial charge is 0.327 e. The van der Waals surface area contributed by atoms with Crippen molar-refractivity contribution in [3.63, 3.8) is 0 Å². The van der Waals surface area contributed by atoms with E-state index < -0.39 is 18.0 Å². The molecule has 5 heteroatoms. The molecule has 0 saturated carbocycles. The van der Waals surface area contributed by atoms with Gasteiger partial charge in [-0.05, 0) is 31.0 Å². The summed E-state index contributed by atoms with van der Waals surface area (Å²) < 4.78 is 0. The maximum atomic E-state index is 11.7. The van der Waals surface area contributed by atoms with Gasteiger partial charge in [-0.2, -0.15) is 0 Å². The molecule has 0 radical (unpaired) electrons. The Balaban J connectivity index is 2.72. The SMILES string of the molecule is C#CCC(NC(=O)Nc1cc(C)ccc1C)C(=O)O. The van der Waals surface area contributed by atoms with Crippen LogP contribution in [0.3, 0.4) is 0 Å². The third-order valence-corrected chi connectivity index (χ3v) is 2.57. The average Bonchev–Trinajstić information content (AvgIpc) is 2.33. The van der Waals surface area contributed by atoms with Gasteiger partial charge in [0.05, 0.1) is 0 Å². The fourth-order valence-corrected chi connectivity index (χ4v) is 1.51. The molecule has 0 spiro atoms. The number of amides is 2. The minimum atomic E-state index is -1.16. The Morgan fingerprint density at radius 2 is 2.11 bits per heavy atom. The molecule has 1 unspecified atom stereocenters. The first-order valence-electron chi connectivity index (χ1n) is 5.75. The Morgan fingerprint density at radius 1 is 1.42 bits per heavy atom. The van der Waals surface area contributed by atoms with Crippen molar-refractivity contribution >= 4 is 17.7 Å². The van der Waals surface area contributed by atoms with Crippen LogP contribution in [-0.2, 0) is 4.79 Å². The van der Waals surface area contributed by atoms with Gasteiger partial charge < -0.3 is 15.7 Å². The van der Waals surface area contributed by atoms with Gasteiger partial charge in [0, 0.05) is 12.1 Å². The summed E-state index contributed by atoms with van der Waals surface area (Å²) in [6, 6.07) is 3.94. The number of urea groups is 1. The van der Waals surface area contributed by atoms with Crippen LogP contribution in [0.4, 0.5) is 10.5 Å². The number of aliphatic carboxylic acids is 1. The van der Waals surface area contributed by atoms with E-state index in [1.807, 2.05) is 32.0 Å². The summed E-state index contributed by atoms with van der Waals surface area (Å²) in [7, 11) is 0. The van der Waals surface area contributed by atoms with Crippen LogP contribution in [0.1, 0.15) is 17.5 Å². The van der Waals surface area contributed by atoms with E-state index in [-0.39, 0.29) is 6.42 Å². The molecule has 5 nitrogen and oxygen atoms in total. The van der Waals surface area contributed by atoms with E-state index in [1.54, 1.807) is 0 Å². The van der Waals surface area contributed by atoms with Gasteiger partial charge in [-0.3, -0.25) is 0 Å². The molecule has 3 N–H and O–H groups in total. The number of carboxylic acid groups (broad SMARTS) is 1.